The number of nitrogens with one attached hydrogen (secondary N) is 1. The third kappa shape index (κ3) is 3.16. The Morgan fingerprint density at radius 3 is 2.23 bits per heavy atom. The normalized spacial score (nSPS) is 13.7. The first kappa shape index (κ1) is 17.9. The summed E-state index contributed by atoms with van der Waals surface area (Å²) in [6, 6.07) is 17.1. The van der Waals surface area contributed by atoms with Gasteiger partial charge in [0.25, 0.3) is 0 Å². The summed E-state index contributed by atoms with van der Waals surface area (Å²) in [6.45, 7) is -0.0458. The van der Waals surface area contributed by atoms with Crippen LogP contribution in [0.5, 0.6) is 0 Å². The Morgan fingerprint density at radius 1 is 0.900 bits per heavy atom. The predicted molar refractivity (Wildman–Crippen MR) is 111 cm³/mol. The number of rotatable bonds is 3. The lowest BCUT2D eigenvalue weighted by Gasteiger charge is -2.17. The van der Waals surface area contributed by atoms with Crippen molar-refractivity contribution in [1.82, 2.24) is 15.3 Å². The second-order valence-electron chi connectivity index (χ2n) is 6.94. The second kappa shape index (κ2) is 7.04. The molecule has 1 fully saturated rings. The Kier molecular flexibility index (Phi) is 4.21. The lowest BCUT2D eigenvalue weighted by molar-refractivity contribution is -0.117. The van der Waals surface area contributed by atoms with Crippen LogP contribution in [0.1, 0.15) is 0 Å². The molecule has 3 amide bonds. The van der Waals surface area contributed by atoms with Crippen LogP contribution < -0.4 is 10.2 Å². The summed E-state index contributed by atoms with van der Waals surface area (Å²) in [7, 11) is 0. The number of urea groups is 1. The molecule has 0 atom stereocenters. The smallest absolute Gasteiger partial charge is 0.284 e. The molecule has 0 spiro atoms. The van der Waals surface area contributed by atoms with Crippen molar-refractivity contribution in [2.45, 2.75) is 0 Å². The number of anilines is 1. The number of hydrogen-bond acceptors (Lipinski definition) is 4. The topological polar surface area (TPSA) is 75.2 Å². The molecule has 0 aliphatic carbocycles. The van der Waals surface area contributed by atoms with Crippen molar-refractivity contribution in [2.75, 3.05) is 11.4 Å². The third-order valence-corrected chi connectivity index (χ3v) is 5.03. The Morgan fingerprint density at radius 2 is 1.57 bits per heavy atom. The maximum atomic E-state index is 13.2. The highest BCUT2D eigenvalue weighted by Gasteiger charge is 2.29. The van der Waals surface area contributed by atoms with Crippen molar-refractivity contribution < 1.29 is 14.0 Å². The summed E-state index contributed by atoms with van der Waals surface area (Å²) < 4.78 is 13.2. The van der Waals surface area contributed by atoms with E-state index in [1.54, 1.807) is 36.7 Å². The van der Waals surface area contributed by atoms with Gasteiger partial charge in [-0.15, -0.1) is 0 Å². The van der Waals surface area contributed by atoms with Gasteiger partial charge in [-0.1, -0.05) is 36.4 Å². The zero-order chi connectivity index (χ0) is 20.7. The molecular formula is C23H15FN4O2. The fraction of sp³-hybridized carbons (Fsp3) is 0.0435. The standard InChI is InChI=1S/C23H15FN4O2/c24-17-7-5-15(6-8-17)14-1-3-16(4-2-14)20-11-21(28-13-22(29)27-23(28)30)18-12-25-10-9-19(18)26-20/h1-12H,13H2,(H,27,29,30). The largest absolute Gasteiger partial charge is 0.329 e. The lowest BCUT2D eigenvalue weighted by Crippen LogP contribution is -2.28. The van der Waals surface area contributed by atoms with Crippen LogP contribution >= 0.6 is 0 Å². The molecule has 1 aliphatic rings. The number of nitrogens with zero attached hydrogens (tertiary/aromatic N) is 3. The molecule has 146 valence electrons. The Bertz CT molecular complexity index is 1290. The molecule has 0 unspecified atom stereocenters. The minimum Gasteiger partial charge on any atom is -0.284 e. The van der Waals surface area contributed by atoms with E-state index in [4.69, 9.17) is 4.98 Å². The monoisotopic (exact) mass is 398 g/mol. The highest BCUT2D eigenvalue weighted by Crippen LogP contribution is 2.32. The van der Waals surface area contributed by atoms with Crippen molar-refractivity contribution >= 4 is 28.5 Å². The molecule has 0 bridgehead atoms. The van der Waals surface area contributed by atoms with E-state index >= 15 is 0 Å². The van der Waals surface area contributed by atoms with Gasteiger partial charge >= 0.3 is 6.03 Å². The molecule has 2 aromatic carbocycles. The summed E-state index contributed by atoms with van der Waals surface area (Å²) in [5, 5.41) is 2.99. The van der Waals surface area contributed by atoms with E-state index in [0.717, 1.165) is 16.7 Å². The quantitative estimate of drug-likeness (QED) is 0.526. The molecule has 2 aromatic heterocycles. The minimum absolute atomic E-state index is 0.0458. The van der Waals surface area contributed by atoms with Crippen molar-refractivity contribution in [3.8, 4) is 22.4 Å². The summed E-state index contributed by atoms with van der Waals surface area (Å²) in [6.07, 6.45) is 3.27. The van der Waals surface area contributed by atoms with Gasteiger partial charge < -0.3 is 0 Å². The average molecular weight is 398 g/mol. The molecule has 6 nitrogen and oxygen atoms in total. The minimum atomic E-state index is -0.464. The number of halogens is 1. The third-order valence-electron chi connectivity index (χ3n) is 5.03. The number of aromatic nitrogens is 2. The molecule has 3 heterocycles. The van der Waals surface area contributed by atoms with Crippen molar-refractivity contribution in [2.24, 2.45) is 0 Å². The molecule has 30 heavy (non-hydrogen) atoms. The number of imide groups is 1. The Labute approximate surface area is 171 Å². The Hall–Kier alpha value is -4.13. The molecule has 0 saturated carbocycles. The van der Waals surface area contributed by atoms with Gasteiger partial charge in [0.1, 0.15) is 12.4 Å². The maximum absolute atomic E-state index is 13.2. The van der Waals surface area contributed by atoms with Crippen LogP contribution in [0.25, 0.3) is 33.3 Å². The van der Waals surface area contributed by atoms with E-state index in [0.29, 0.717) is 22.3 Å². The fourth-order valence-electron chi connectivity index (χ4n) is 3.53. The Balaban J connectivity index is 1.58. The molecule has 1 N–H and O–H groups in total. The summed E-state index contributed by atoms with van der Waals surface area (Å²) in [5.41, 5.74) is 4.64. The SMILES string of the molecule is O=C1CN(c2cc(-c3ccc(-c4ccc(F)cc4)cc3)nc3ccncc23)C(=O)N1. The summed E-state index contributed by atoms with van der Waals surface area (Å²) in [5.74, 6) is -0.624. The molecular weight excluding hydrogens is 383 g/mol. The van der Waals surface area contributed by atoms with E-state index < -0.39 is 6.03 Å². The van der Waals surface area contributed by atoms with Crippen LogP contribution in [0.15, 0.2) is 73.1 Å². The maximum Gasteiger partial charge on any atom is 0.329 e. The van der Waals surface area contributed by atoms with Crippen LogP contribution in [-0.4, -0.2) is 28.5 Å². The summed E-state index contributed by atoms with van der Waals surface area (Å²) >= 11 is 0. The van der Waals surface area contributed by atoms with E-state index in [9.17, 15) is 14.0 Å². The van der Waals surface area contributed by atoms with Crippen molar-refractivity contribution in [3.05, 3.63) is 78.9 Å². The molecule has 5 rings (SSSR count). The molecule has 0 radical (unpaired) electrons. The first-order valence-corrected chi connectivity index (χ1v) is 9.31. The van der Waals surface area contributed by atoms with Gasteiger partial charge in [-0.05, 0) is 35.4 Å². The van der Waals surface area contributed by atoms with E-state index in [2.05, 4.69) is 10.3 Å². The van der Waals surface area contributed by atoms with Gasteiger partial charge in [0.15, 0.2) is 0 Å². The van der Waals surface area contributed by atoms with Crippen molar-refractivity contribution in [1.29, 1.82) is 0 Å². The van der Waals surface area contributed by atoms with Gasteiger partial charge in [0.2, 0.25) is 5.91 Å². The highest BCUT2D eigenvalue weighted by molar-refractivity contribution is 6.15. The van der Waals surface area contributed by atoms with Gasteiger partial charge in [0.05, 0.1) is 16.9 Å². The molecule has 4 aromatic rings. The number of hydrogen-bond donors (Lipinski definition) is 1. The zero-order valence-corrected chi connectivity index (χ0v) is 15.7. The van der Waals surface area contributed by atoms with E-state index in [-0.39, 0.29) is 18.3 Å². The average Bonchev–Trinajstić information content (AvgIpc) is 3.11. The number of benzene rings is 2. The van der Waals surface area contributed by atoms with Gasteiger partial charge in [-0.2, -0.15) is 0 Å². The van der Waals surface area contributed by atoms with Crippen LogP contribution in [0, 0.1) is 5.82 Å². The van der Waals surface area contributed by atoms with Crippen LogP contribution in [0.4, 0.5) is 14.9 Å². The molecule has 1 saturated heterocycles. The number of carbonyl (C=O) groups is 2. The molecule has 7 heteroatoms. The van der Waals surface area contributed by atoms with E-state index in [1.807, 2.05) is 24.3 Å². The van der Waals surface area contributed by atoms with E-state index in [1.165, 1.54) is 17.0 Å². The van der Waals surface area contributed by atoms with Gasteiger partial charge in [-0.25, -0.2) is 14.2 Å². The predicted octanol–water partition coefficient (Wildman–Crippen LogP) is 4.16. The van der Waals surface area contributed by atoms with Crippen molar-refractivity contribution in [3.63, 3.8) is 0 Å². The first-order chi connectivity index (χ1) is 14.6. The number of carbonyl (C=O) groups excluding carboxylic acids is 2. The lowest BCUT2D eigenvalue weighted by atomic mass is 10.0. The van der Waals surface area contributed by atoms with Crippen LogP contribution in [0.3, 0.4) is 0 Å². The van der Waals surface area contributed by atoms with Crippen LogP contribution in [-0.2, 0) is 4.79 Å². The van der Waals surface area contributed by atoms with Gasteiger partial charge in [0, 0.05) is 23.3 Å². The highest BCUT2D eigenvalue weighted by atomic mass is 19.1. The molecule has 1 aliphatic heterocycles. The second-order valence-corrected chi connectivity index (χ2v) is 6.94. The van der Waals surface area contributed by atoms with Crippen LogP contribution in [0.2, 0.25) is 0 Å². The number of fused-ring (bicyclic) bond motifs is 1. The van der Waals surface area contributed by atoms with Gasteiger partial charge in [-0.3, -0.25) is 20.0 Å². The number of amides is 3. The summed E-state index contributed by atoms with van der Waals surface area (Å²) in [4.78, 5) is 34.2. The zero-order valence-electron chi connectivity index (χ0n) is 15.7. The number of pyridine rings is 2. The fourth-order valence-corrected chi connectivity index (χ4v) is 3.53. The first-order valence-electron chi connectivity index (χ1n) is 9.31.